The predicted molar refractivity (Wildman–Crippen MR) is 51.6 cm³/mol. The van der Waals surface area contributed by atoms with Crippen LogP contribution in [0.15, 0.2) is 0 Å². The second kappa shape index (κ2) is 4.56. The molecule has 0 aliphatic rings. The summed E-state index contributed by atoms with van der Waals surface area (Å²) in [4.78, 5) is 0. The normalized spacial score (nSPS) is 13.8. The molecule has 0 amide bonds. The number of hydrogen-bond donors (Lipinski definition) is 0. The molecule has 0 heterocycles. The summed E-state index contributed by atoms with van der Waals surface area (Å²) >= 11 is 0. The molecule has 0 fully saturated rings. The molecule has 0 bridgehead atoms. The van der Waals surface area contributed by atoms with Crippen molar-refractivity contribution in [3.05, 3.63) is 0 Å². The van der Waals surface area contributed by atoms with E-state index in [1.807, 2.05) is 27.7 Å². The van der Waals surface area contributed by atoms with Crippen LogP contribution in [0.4, 0.5) is 0 Å². The van der Waals surface area contributed by atoms with Gasteiger partial charge in [-0.2, -0.15) is 0 Å². The zero-order valence-corrected chi connectivity index (χ0v) is 10.1. The molecule has 0 saturated carbocycles. The zero-order chi connectivity index (χ0) is 10.7. The van der Waals surface area contributed by atoms with E-state index in [-0.39, 0.29) is 5.92 Å². The quantitative estimate of drug-likeness (QED) is 0.654. The largest absolute Gasteiger partial charge is 0.474 e. The lowest BCUT2D eigenvalue weighted by Gasteiger charge is -2.31. The van der Waals surface area contributed by atoms with Crippen LogP contribution in [0.5, 0.6) is 0 Å². The molecule has 0 aromatic rings. The third-order valence-corrected chi connectivity index (χ3v) is 3.77. The lowest BCUT2D eigenvalue weighted by molar-refractivity contribution is 0.0150. The highest BCUT2D eigenvalue weighted by Gasteiger charge is 2.35. The van der Waals surface area contributed by atoms with Crippen LogP contribution in [-0.2, 0) is 18.1 Å². The van der Waals surface area contributed by atoms with Crippen LogP contribution >= 0.6 is 7.82 Å². The fourth-order valence-corrected chi connectivity index (χ4v) is 1.63. The van der Waals surface area contributed by atoms with E-state index in [0.717, 1.165) is 0 Å². The second-order valence-electron chi connectivity index (χ2n) is 3.66. The van der Waals surface area contributed by atoms with E-state index in [2.05, 4.69) is 9.05 Å². The first-order chi connectivity index (χ1) is 5.77. The summed E-state index contributed by atoms with van der Waals surface area (Å²) in [5, 5.41) is 0. The fraction of sp³-hybridized carbons (Fsp3) is 1.00. The highest BCUT2D eigenvalue weighted by molar-refractivity contribution is 7.48. The summed E-state index contributed by atoms with van der Waals surface area (Å²) < 4.78 is 26.3. The Morgan fingerprint density at radius 1 is 1.15 bits per heavy atom. The molecular weight excluding hydrogens is 191 g/mol. The van der Waals surface area contributed by atoms with Gasteiger partial charge in [0.1, 0.15) is 0 Å². The van der Waals surface area contributed by atoms with Gasteiger partial charge in [-0.1, -0.05) is 13.8 Å². The van der Waals surface area contributed by atoms with E-state index >= 15 is 0 Å². The molecule has 5 heteroatoms. The molecule has 80 valence electrons. The number of phosphoric acid groups is 1. The highest BCUT2D eigenvalue weighted by atomic mass is 31.2. The minimum Gasteiger partial charge on any atom is -0.290 e. The maximum Gasteiger partial charge on any atom is 0.474 e. The topological polar surface area (TPSA) is 44.8 Å². The Balaban J connectivity index is 4.49. The van der Waals surface area contributed by atoms with Crippen molar-refractivity contribution in [2.75, 3.05) is 14.2 Å². The van der Waals surface area contributed by atoms with Crippen molar-refractivity contribution in [2.24, 2.45) is 5.92 Å². The van der Waals surface area contributed by atoms with Gasteiger partial charge in [0.15, 0.2) is 0 Å². The minimum absolute atomic E-state index is 0.228. The van der Waals surface area contributed by atoms with Crippen LogP contribution in [0.25, 0.3) is 0 Å². The first-order valence-electron chi connectivity index (χ1n) is 4.19. The summed E-state index contributed by atoms with van der Waals surface area (Å²) in [5.41, 5.74) is -0.526. The van der Waals surface area contributed by atoms with E-state index < -0.39 is 13.4 Å². The minimum atomic E-state index is -3.36. The van der Waals surface area contributed by atoms with Gasteiger partial charge >= 0.3 is 7.82 Å². The Morgan fingerprint density at radius 3 is 1.77 bits per heavy atom. The SMILES string of the molecule is COP(=O)(OC)OC(C)(C)C(C)C. The van der Waals surface area contributed by atoms with Crippen molar-refractivity contribution in [3.8, 4) is 0 Å². The molecule has 0 unspecified atom stereocenters. The average Bonchev–Trinajstić information content (AvgIpc) is 2.03. The van der Waals surface area contributed by atoms with Crippen LogP contribution in [0.2, 0.25) is 0 Å². The Kier molecular flexibility index (Phi) is 4.60. The number of rotatable bonds is 5. The predicted octanol–water partition coefficient (Wildman–Crippen LogP) is 2.84. The third-order valence-electron chi connectivity index (χ3n) is 2.18. The highest BCUT2D eigenvalue weighted by Crippen LogP contribution is 2.52. The first-order valence-corrected chi connectivity index (χ1v) is 5.65. The van der Waals surface area contributed by atoms with Crippen molar-refractivity contribution in [2.45, 2.75) is 33.3 Å². The molecule has 4 nitrogen and oxygen atoms in total. The smallest absolute Gasteiger partial charge is 0.290 e. The van der Waals surface area contributed by atoms with Crippen LogP contribution < -0.4 is 0 Å². The summed E-state index contributed by atoms with van der Waals surface area (Å²) in [7, 11) is -0.744. The molecule has 0 N–H and O–H groups in total. The van der Waals surface area contributed by atoms with Gasteiger partial charge < -0.3 is 0 Å². The van der Waals surface area contributed by atoms with Gasteiger partial charge in [-0.25, -0.2) is 4.57 Å². The van der Waals surface area contributed by atoms with Crippen LogP contribution in [0.3, 0.4) is 0 Å². The maximum absolute atomic E-state index is 11.6. The molecule has 0 rings (SSSR count). The first kappa shape index (κ1) is 13.1. The van der Waals surface area contributed by atoms with Crippen molar-refractivity contribution < 1.29 is 18.1 Å². The Labute approximate surface area is 80.2 Å². The van der Waals surface area contributed by atoms with E-state index in [1.165, 1.54) is 14.2 Å². The molecule has 0 saturated heterocycles. The van der Waals surface area contributed by atoms with Crippen molar-refractivity contribution in [3.63, 3.8) is 0 Å². The maximum atomic E-state index is 11.6. The standard InChI is InChI=1S/C8H19O4P/c1-7(2)8(3,4)12-13(9,10-5)11-6/h7H,1-6H3. The lowest BCUT2D eigenvalue weighted by atomic mass is 9.95. The van der Waals surface area contributed by atoms with Gasteiger partial charge in [0, 0.05) is 14.2 Å². The van der Waals surface area contributed by atoms with Gasteiger partial charge in [0.05, 0.1) is 5.60 Å². The van der Waals surface area contributed by atoms with E-state index in [9.17, 15) is 4.57 Å². The van der Waals surface area contributed by atoms with Crippen LogP contribution in [-0.4, -0.2) is 19.8 Å². The molecule has 13 heavy (non-hydrogen) atoms. The lowest BCUT2D eigenvalue weighted by Crippen LogP contribution is -2.30. The average molecular weight is 210 g/mol. The molecule has 0 spiro atoms. The zero-order valence-electron chi connectivity index (χ0n) is 9.16. The van der Waals surface area contributed by atoms with Crippen LogP contribution in [0, 0.1) is 5.92 Å². The van der Waals surface area contributed by atoms with E-state index in [4.69, 9.17) is 4.52 Å². The van der Waals surface area contributed by atoms with E-state index in [1.54, 1.807) is 0 Å². The monoisotopic (exact) mass is 210 g/mol. The third kappa shape index (κ3) is 3.77. The van der Waals surface area contributed by atoms with Crippen molar-refractivity contribution in [1.82, 2.24) is 0 Å². The van der Waals surface area contributed by atoms with Gasteiger partial charge in [-0.15, -0.1) is 0 Å². The molecule has 0 atom stereocenters. The van der Waals surface area contributed by atoms with Gasteiger partial charge in [0.2, 0.25) is 0 Å². The Morgan fingerprint density at radius 2 is 1.54 bits per heavy atom. The molecule has 0 aliphatic carbocycles. The molecule has 0 aromatic heterocycles. The number of hydrogen-bond acceptors (Lipinski definition) is 4. The summed E-state index contributed by atoms with van der Waals surface area (Å²) in [6, 6.07) is 0. The molecule has 0 radical (unpaired) electrons. The molecule has 0 aromatic carbocycles. The summed E-state index contributed by atoms with van der Waals surface area (Å²) in [6.07, 6.45) is 0. The summed E-state index contributed by atoms with van der Waals surface area (Å²) in [5.74, 6) is 0.228. The fourth-order valence-electron chi connectivity index (χ4n) is 0.543. The molecular formula is C8H19O4P. The van der Waals surface area contributed by atoms with Gasteiger partial charge in [0.25, 0.3) is 0 Å². The summed E-state index contributed by atoms with van der Waals surface area (Å²) in [6.45, 7) is 7.66. The number of phosphoric ester groups is 1. The van der Waals surface area contributed by atoms with Gasteiger partial charge in [-0.05, 0) is 19.8 Å². The van der Waals surface area contributed by atoms with Crippen LogP contribution in [0.1, 0.15) is 27.7 Å². The van der Waals surface area contributed by atoms with Crippen molar-refractivity contribution in [1.29, 1.82) is 0 Å². The van der Waals surface area contributed by atoms with Gasteiger partial charge in [-0.3, -0.25) is 13.6 Å². The Hall–Kier alpha value is 0.110. The van der Waals surface area contributed by atoms with Crippen molar-refractivity contribution >= 4 is 7.82 Å². The molecule has 0 aliphatic heterocycles. The van der Waals surface area contributed by atoms with E-state index in [0.29, 0.717) is 0 Å². The second-order valence-corrected chi connectivity index (χ2v) is 5.47. The Bertz CT molecular complexity index is 192.